The monoisotopic (exact) mass is 363 g/mol. The van der Waals surface area contributed by atoms with E-state index in [0.717, 1.165) is 5.56 Å². The minimum atomic E-state index is 0.00462. The van der Waals surface area contributed by atoms with Crippen LogP contribution in [0.1, 0.15) is 26.2 Å². The number of carbonyl (C=O) groups excluding carboxylic acids is 1. The molecule has 0 spiro atoms. The molecule has 25 heavy (non-hydrogen) atoms. The topological polar surface area (TPSA) is 58.4 Å². The Morgan fingerprint density at radius 3 is 2.68 bits per heavy atom. The third-order valence-corrected chi connectivity index (χ3v) is 4.53. The summed E-state index contributed by atoms with van der Waals surface area (Å²) in [6.45, 7) is 4.94. The maximum atomic E-state index is 12.1. The molecule has 1 heterocycles. The number of hydrogen-bond acceptors (Lipinski definition) is 4. The first-order valence-corrected chi connectivity index (χ1v) is 8.89. The highest BCUT2D eigenvalue weighted by molar-refractivity contribution is 6.33. The van der Waals surface area contributed by atoms with Crippen LogP contribution in [0, 0.1) is 5.92 Å². The van der Waals surface area contributed by atoms with Crippen LogP contribution < -0.4 is 5.32 Å². The van der Waals surface area contributed by atoms with E-state index in [1.807, 2.05) is 38.4 Å². The van der Waals surface area contributed by atoms with E-state index >= 15 is 0 Å². The normalized spacial score (nSPS) is 12.6. The number of likely N-dealkylation sites (N-methyl/N-ethyl adjacent to an activating group) is 1. The van der Waals surface area contributed by atoms with E-state index in [-0.39, 0.29) is 5.91 Å². The second-order valence-corrected chi connectivity index (χ2v) is 7.08. The van der Waals surface area contributed by atoms with E-state index in [2.05, 4.69) is 29.0 Å². The summed E-state index contributed by atoms with van der Waals surface area (Å²) in [6.07, 6.45) is 2.46. The van der Waals surface area contributed by atoms with Crippen LogP contribution in [0.3, 0.4) is 0 Å². The number of rotatable bonds is 8. The fourth-order valence-electron chi connectivity index (χ4n) is 2.75. The molecule has 0 radical (unpaired) electrons. The molecule has 2 aromatic rings. The van der Waals surface area contributed by atoms with Crippen LogP contribution >= 0.6 is 11.6 Å². The largest absolute Gasteiger partial charge is 0.441 e. The van der Waals surface area contributed by atoms with Crippen molar-refractivity contribution in [2.75, 3.05) is 20.6 Å². The molecule has 1 N–H and O–H groups in total. The average Bonchev–Trinajstić information content (AvgIpc) is 3.01. The first kappa shape index (κ1) is 19.5. The Kier molecular flexibility index (Phi) is 7.02. The van der Waals surface area contributed by atoms with Crippen molar-refractivity contribution in [2.24, 2.45) is 5.92 Å². The second kappa shape index (κ2) is 9.02. The molecule has 0 saturated carbocycles. The fourth-order valence-corrected chi connectivity index (χ4v) is 2.98. The molecular formula is C19H26ClN3O2. The molecule has 1 aromatic heterocycles. The molecule has 1 unspecified atom stereocenters. The van der Waals surface area contributed by atoms with Gasteiger partial charge < -0.3 is 14.6 Å². The number of halogens is 1. The summed E-state index contributed by atoms with van der Waals surface area (Å²) in [4.78, 5) is 18.5. The molecule has 136 valence electrons. The van der Waals surface area contributed by atoms with E-state index < -0.39 is 0 Å². The summed E-state index contributed by atoms with van der Waals surface area (Å²) >= 11 is 6.16. The molecule has 0 aliphatic carbocycles. The molecule has 0 bridgehead atoms. The first-order chi connectivity index (χ1) is 11.9. The number of aromatic nitrogens is 1. The molecule has 0 fully saturated rings. The molecule has 0 saturated heterocycles. The predicted octanol–water partition coefficient (Wildman–Crippen LogP) is 3.63. The van der Waals surface area contributed by atoms with Gasteiger partial charge in [-0.1, -0.05) is 37.6 Å². The SMILES string of the molecule is CC(C)C(CNC(=O)CCc1ncc(-c2ccccc2Cl)o1)N(C)C. The van der Waals surface area contributed by atoms with Crippen molar-refractivity contribution in [1.29, 1.82) is 0 Å². The van der Waals surface area contributed by atoms with Gasteiger partial charge in [-0.25, -0.2) is 4.98 Å². The standard InChI is InChI=1S/C19H26ClN3O2/c1-13(2)16(23(3)4)11-21-18(24)9-10-19-22-12-17(25-19)14-7-5-6-8-15(14)20/h5-8,12-13,16H,9-11H2,1-4H3,(H,21,24). The van der Waals surface area contributed by atoms with Crippen LogP contribution in [0.2, 0.25) is 5.02 Å². The van der Waals surface area contributed by atoms with Gasteiger partial charge in [-0.15, -0.1) is 0 Å². The summed E-state index contributed by atoms with van der Waals surface area (Å²) in [5.41, 5.74) is 0.804. The molecule has 0 aliphatic heterocycles. The van der Waals surface area contributed by atoms with E-state index in [1.54, 1.807) is 6.20 Å². The molecule has 6 heteroatoms. The highest BCUT2D eigenvalue weighted by Gasteiger charge is 2.17. The van der Waals surface area contributed by atoms with Crippen LogP contribution in [0.25, 0.3) is 11.3 Å². The zero-order valence-corrected chi connectivity index (χ0v) is 16.0. The number of amides is 1. The van der Waals surface area contributed by atoms with Gasteiger partial charge in [-0.3, -0.25) is 4.79 Å². The number of carbonyl (C=O) groups is 1. The van der Waals surface area contributed by atoms with Gasteiger partial charge in [-0.05, 0) is 32.1 Å². The minimum absolute atomic E-state index is 0.00462. The lowest BCUT2D eigenvalue weighted by atomic mass is 10.0. The van der Waals surface area contributed by atoms with Gasteiger partial charge in [-0.2, -0.15) is 0 Å². The van der Waals surface area contributed by atoms with Crippen LogP contribution in [0.15, 0.2) is 34.9 Å². The summed E-state index contributed by atoms with van der Waals surface area (Å²) < 4.78 is 5.72. The van der Waals surface area contributed by atoms with Crippen molar-refractivity contribution in [3.8, 4) is 11.3 Å². The summed E-state index contributed by atoms with van der Waals surface area (Å²) in [7, 11) is 4.06. The molecule has 1 atom stereocenters. The summed E-state index contributed by atoms with van der Waals surface area (Å²) in [5, 5.41) is 3.61. The highest BCUT2D eigenvalue weighted by Crippen LogP contribution is 2.28. The van der Waals surface area contributed by atoms with Gasteiger partial charge in [0.1, 0.15) is 0 Å². The molecule has 2 rings (SSSR count). The van der Waals surface area contributed by atoms with Crippen LogP contribution in [-0.4, -0.2) is 42.5 Å². The summed E-state index contributed by atoms with van der Waals surface area (Å²) in [5.74, 6) is 1.64. The lowest BCUT2D eigenvalue weighted by Gasteiger charge is -2.28. The Labute approximate surface area is 154 Å². The number of nitrogens with zero attached hydrogens (tertiary/aromatic N) is 2. The first-order valence-electron chi connectivity index (χ1n) is 8.51. The quantitative estimate of drug-likeness (QED) is 0.778. The van der Waals surface area contributed by atoms with Gasteiger partial charge in [0.2, 0.25) is 5.91 Å². The molecule has 0 aliphatic rings. The Bertz CT molecular complexity index is 689. The smallest absolute Gasteiger partial charge is 0.220 e. The van der Waals surface area contributed by atoms with Crippen LogP contribution in [-0.2, 0) is 11.2 Å². The number of oxazole rings is 1. The van der Waals surface area contributed by atoms with Gasteiger partial charge in [0.15, 0.2) is 11.7 Å². The molecule has 1 aromatic carbocycles. The van der Waals surface area contributed by atoms with E-state index in [4.69, 9.17) is 16.0 Å². The Balaban J connectivity index is 1.86. The third-order valence-electron chi connectivity index (χ3n) is 4.20. The predicted molar refractivity (Wildman–Crippen MR) is 101 cm³/mol. The highest BCUT2D eigenvalue weighted by atomic mass is 35.5. The average molecular weight is 364 g/mol. The number of benzene rings is 1. The van der Waals surface area contributed by atoms with E-state index in [0.29, 0.717) is 48.0 Å². The van der Waals surface area contributed by atoms with Crippen molar-refractivity contribution < 1.29 is 9.21 Å². The zero-order chi connectivity index (χ0) is 18.4. The zero-order valence-electron chi connectivity index (χ0n) is 15.3. The Morgan fingerprint density at radius 1 is 1.32 bits per heavy atom. The van der Waals surface area contributed by atoms with E-state index in [9.17, 15) is 4.79 Å². The van der Waals surface area contributed by atoms with Crippen molar-refractivity contribution in [3.05, 3.63) is 41.4 Å². The van der Waals surface area contributed by atoms with Crippen LogP contribution in [0.4, 0.5) is 0 Å². The third kappa shape index (κ3) is 5.58. The van der Waals surface area contributed by atoms with Gasteiger partial charge in [0.25, 0.3) is 0 Å². The van der Waals surface area contributed by atoms with E-state index in [1.165, 1.54) is 0 Å². The number of aryl methyl sites for hydroxylation is 1. The lowest BCUT2D eigenvalue weighted by Crippen LogP contribution is -2.43. The van der Waals surface area contributed by atoms with Crippen molar-refractivity contribution in [1.82, 2.24) is 15.2 Å². The Morgan fingerprint density at radius 2 is 2.04 bits per heavy atom. The van der Waals surface area contributed by atoms with Gasteiger partial charge in [0, 0.05) is 31.0 Å². The lowest BCUT2D eigenvalue weighted by molar-refractivity contribution is -0.121. The van der Waals surface area contributed by atoms with Gasteiger partial charge in [0.05, 0.1) is 11.2 Å². The Hall–Kier alpha value is -1.85. The number of nitrogens with one attached hydrogen (secondary N) is 1. The minimum Gasteiger partial charge on any atom is -0.441 e. The maximum absolute atomic E-state index is 12.1. The fraction of sp³-hybridized carbons (Fsp3) is 0.474. The molecular weight excluding hydrogens is 338 g/mol. The summed E-state index contributed by atoms with van der Waals surface area (Å²) in [6, 6.07) is 7.77. The number of hydrogen-bond donors (Lipinski definition) is 1. The van der Waals surface area contributed by atoms with Gasteiger partial charge >= 0.3 is 0 Å². The molecule has 1 amide bonds. The molecule has 5 nitrogen and oxygen atoms in total. The van der Waals surface area contributed by atoms with Crippen molar-refractivity contribution in [3.63, 3.8) is 0 Å². The van der Waals surface area contributed by atoms with Crippen molar-refractivity contribution in [2.45, 2.75) is 32.7 Å². The van der Waals surface area contributed by atoms with Crippen molar-refractivity contribution >= 4 is 17.5 Å². The second-order valence-electron chi connectivity index (χ2n) is 6.68. The van der Waals surface area contributed by atoms with Crippen LogP contribution in [0.5, 0.6) is 0 Å². The maximum Gasteiger partial charge on any atom is 0.220 e.